The second-order valence-electron chi connectivity index (χ2n) is 42.8. The third-order valence-corrected chi connectivity index (χ3v) is 61.5. The average molecular weight is 2130 g/mol. The Morgan fingerprint density at radius 2 is 0.333 bits per heavy atom. The van der Waals surface area contributed by atoms with Crippen LogP contribution in [0.25, 0.3) is 123 Å². The fourth-order valence-electron chi connectivity index (χ4n) is 21.7. The molecule has 8 heterocycles. The first-order chi connectivity index (χ1) is 69.3. The molecule has 4 nitrogen and oxygen atoms in total. The monoisotopic (exact) mass is 2120 g/mol. The minimum atomic E-state index is -1.96. The highest BCUT2D eigenvalue weighted by molar-refractivity contribution is 7.27. The van der Waals surface area contributed by atoms with Gasteiger partial charge in [0.05, 0.1) is 22.4 Å². The van der Waals surface area contributed by atoms with Crippen LogP contribution in [-0.4, -0.2) is 55.7 Å². The maximum atomic E-state index is 7.57. The standard InChI is InChI=1S/C128H154O4S8Si4/c1-22-141(23-2,24-3)129-125(14,15)83-82-91-36-52-99(53-37-91)110-67-75-119(134-110)120-77-69-112(136-120)101-56-40-93(41-57-101)85-107(127(18,19)131-143(28-7,29-8)30-9)87-95-44-60-103(61-45-95)114-71-79-123(138-114)124-81-73-116(140-124)105-64-48-97(49-65-105)89-108(128(20,21)132-144(31-10,32-11)33-12)88-96-46-62-104(63-47-96)115-72-80-122(139-115)121-78-70-113(137-121)102-58-42-94(43-59-102)86-106(126(16,17)130-142(25-4,26-5)27-6)84-92-38-54-100(55-39-92)111-68-76-118(135-111)117-74-66-109(133-117)98-50-34-90(13)35-51-98/h34-81,106-108H,22-33,82-89H2,1-21H3. The van der Waals surface area contributed by atoms with E-state index in [1.807, 2.05) is 90.7 Å². The maximum absolute atomic E-state index is 7.57. The summed E-state index contributed by atoms with van der Waals surface area (Å²) in [5.41, 5.74) is 20.0. The summed E-state index contributed by atoms with van der Waals surface area (Å²) in [7, 11) is -7.50. The Balaban J connectivity index is 0.538. The van der Waals surface area contributed by atoms with Gasteiger partial charge in [-0.15, -0.1) is 90.7 Å². The van der Waals surface area contributed by atoms with E-state index in [2.05, 4.69) is 437 Å². The van der Waals surface area contributed by atoms with E-state index in [0.29, 0.717) is 0 Å². The van der Waals surface area contributed by atoms with Crippen molar-refractivity contribution in [1.82, 2.24) is 0 Å². The van der Waals surface area contributed by atoms with Crippen molar-refractivity contribution in [3.8, 4) is 123 Å². The summed E-state index contributed by atoms with van der Waals surface area (Å²) in [4.78, 5) is 20.9. The molecule has 0 saturated heterocycles. The van der Waals surface area contributed by atoms with Crippen molar-refractivity contribution in [2.24, 2.45) is 17.8 Å². The van der Waals surface area contributed by atoms with Crippen molar-refractivity contribution in [2.45, 2.75) is 292 Å². The summed E-state index contributed by atoms with van der Waals surface area (Å²) in [6, 6.07) is 126. The van der Waals surface area contributed by atoms with Crippen LogP contribution in [0.4, 0.5) is 0 Å². The molecular formula is C128H154O4S8Si4. The van der Waals surface area contributed by atoms with Gasteiger partial charge in [-0.25, -0.2) is 0 Å². The van der Waals surface area contributed by atoms with Crippen molar-refractivity contribution in [3.63, 3.8) is 0 Å². The van der Waals surface area contributed by atoms with E-state index in [9.17, 15) is 0 Å². The van der Waals surface area contributed by atoms with Gasteiger partial charge >= 0.3 is 0 Å². The topological polar surface area (TPSA) is 36.9 Å². The summed E-state index contributed by atoms with van der Waals surface area (Å²) in [6.45, 7) is 49.3. The third kappa shape index (κ3) is 26.4. The molecule has 0 spiro atoms. The molecule has 16 rings (SSSR count). The lowest BCUT2D eigenvalue weighted by atomic mass is 9.81. The van der Waals surface area contributed by atoms with Gasteiger partial charge in [-0.1, -0.05) is 283 Å². The van der Waals surface area contributed by atoms with Crippen molar-refractivity contribution < 1.29 is 17.7 Å². The van der Waals surface area contributed by atoms with E-state index >= 15 is 0 Å². The zero-order valence-corrected chi connectivity index (χ0v) is 100. The van der Waals surface area contributed by atoms with Crippen LogP contribution in [-0.2, 0) is 62.6 Å². The lowest BCUT2D eigenvalue weighted by Crippen LogP contribution is -2.49. The first kappa shape index (κ1) is 109. The predicted molar refractivity (Wildman–Crippen MR) is 649 cm³/mol. The Labute approximate surface area is 900 Å². The van der Waals surface area contributed by atoms with Gasteiger partial charge in [-0.2, -0.15) is 0 Å². The molecule has 3 unspecified atom stereocenters. The highest BCUT2D eigenvalue weighted by Gasteiger charge is 2.44. The van der Waals surface area contributed by atoms with Gasteiger partial charge in [0.15, 0.2) is 33.3 Å². The molecule has 0 radical (unpaired) electrons. The van der Waals surface area contributed by atoms with Crippen molar-refractivity contribution in [2.75, 3.05) is 0 Å². The molecule has 0 aliphatic rings. The Bertz CT molecular complexity index is 6660. The zero-order chi connectivity index (χ0) is 102. The van der Waals surface area contributed by atoms with Gasteiger partial charge in [0.1, 0.15) is 0 Å². The van der Waals surface area contributed by atoms with Gasteiger partial charge in [0.2, 0.25) is 0 Å². The zero-order valence-electron chi connectivity index (χ0n) is 89.5. The molecule has 0 amide bonds. The van der Waals surface area contributed by atoms with Crippen LogP contribution >= 0.6 is 90.7 Å². The Kier molecular flexibility index (Phi) is 36.2. The smallest absolute Gasteiger partial charge is 0.192 e. The molecule has 0 aliphatic carbocycles. The van der Waals surface area contributed by atoms with Crippen LogP contribution in [0.1, 0.15) is 189 Å². The number of hydrogen-bond donors (Lipinski definition) is 0. The largest absolute Gasteiger partial charge is 0.412 e. The first-order valence-electron chi connectivity index (χ1n) is 53.6. The fraction of sp³-hybridized carbons (Fsp3) is 0.375. The average Bonchev–Trinajstić information content (AvgIpc) is 1.04. The normalized spacial score (nSPS) is 13.3. The summed E-state index contributed by atoms with van der Waals surface area (Å²) in [5.74, 6) is 0.837. The molecule has 16 heteroatoms. The molecule has 0 saturated carbocycles. The van der Waals surface area contributed by atoms with Gasteiger partial charge in [-0.05, 0) is 384 Å². The summed E-state index contributed by atoms with van der Waals surface area (Å²) < 4.78 is 29.6. The molecule has 754 valence electrons. The van der Waals surface area contributed by atoms with E-state index < -0.39 is 33.3 Å². The van der Waals surface area contributed by atoms with Crippen LogP contribution in [0.3, 0.4) is 0 Å². The Morgan fingerprint density at radius 3 is 0.500 bits per heavy atom. The minimum absolute atomic E-state index is 0.110. The van der Waals surface area contributed by atoms with Crippen molar-refractivity contribution >= 4 is 124 Å². The number of aryl methyl sites for hydroxylation is 2. The van der Waals surface area contributed by atoms with Gasteiger partial charge in [0, 0.05) is 78.0 Å². The number of benzene rings is 8. The molecule has 8 aromatic heterocycles. The molecule has 0 bridgehead atoms. The Morgan fingerprint density at radius 1 is 0.188 bits per heavy atom. The molecule has 0 fully saturated rings. The SMILES string of the molecule is CC[Si](CC)(CC)OC(C)(C)CCc1ccc(-c2ccc(-c3ccc(-c4ccc(CC(Cc5ccc(-c6ccc(-c7ccc(-c8ccc(CC(Cc9ccc(-c%10ccc(-c%11ccc(-c%12ccc(CC(Cc%13ccc(-c%14ccc(-c%15ccc(-c%16ccc(C)cc%16)s%15)s%14)cc%13)C(C)(C)O[Si](CC)(CC)CC)cc%12)s%11)s%10)cc9)C(C)(C)O[Si](CC)(CC)CC)cc8)s7)s6)cc5)C(C)(C)O[Si](CC)(CC)CC)cc4)s3)s2)cc1. The van der Waals surface area contributed by atoms with Crippen LogP contribution in [0, 0.1) is 24.7 Å². The van der Waals surface area contributed by atoms with E-state index in [4.69, 9.17) is 17.7 Å². The molecule has 8 aromatic carbocycles. The number of rotatable bonds is 50. The van der Waals surface area contributed by atoms with Crippen LogP contribution in [0.5, 0.6) is 0 Å². The van der Waals surface area contributed by atoms with Crippen molar-refractivity contribution in [1.29, 1.82) is 0 Å². The Hall–Kier alpha value is -7.93. The molecule has 0 N–H and O–H groups in total. The highest BCUT2D eigenvalue weighted by Crippen LogP contribution is 2.50. The second-order valence-corrected chi connectivity index (χ2v) is 70.3. The third-order valence-electron chi connectivity index (χ3n) is 32.3. The molecule has 0 aliphatic heterocycles. The lowest BCUT2D eigenvalue weighted by molar-refractivity contribution is 0.0312. The fourth-order valence-corrected chi connectivity index (χ4v) is 43.0. The second kappa shape index (κ2) is 47.9. The summed E-state index contributed by atoms with van der Waals surface area (Å²) in [5, 5.41) is 0. The summed E-state index contributed by atoms with van der Waals surface area (Å²) >= 11 is 15.1. The van der Waals surface area contributed by atoms with Crippen LogP contribution < -0.4 is 0 Å². The number of hydrogen-bond acceptors (Lipinski definition) is 12. The van der Waals surface area contributed by atoms with E-state index in [0.717, 1.165) is 106 Å². The maximum Gasteiger partial charge on any atom is 0.192 e. The van der Waals surface area contributed by atoms with Crippen LogP contribution in [0.2, 0.25) is 72.5 Å². The van der Waals surface area contributed by atoms with E-state index in [-0.39, 0.29) is 40.2 Å². The van der Waals surface area contributed by atoms with Crippen molar-refractivity contribution in [3.05, 3.63) is 336 Å². The first-order valence-corrected chi connectivity index (χ1v) is 70.3. The minimum Gasteiger partial charge on any atom is -0.412 e. The lowest BCUT2D eigenvalue weighted by Gasteiger charge is -2.43. The molecule has 144 heavy (non-hydrogen) atoms. The predicted octanol–water partition coefficient (Wildman–Crippen LogP) is 41.8. The quantitative estimate of drug-likeness (QED) is 0.0356. The molecule has 16 aromatic rings. The van der Waals surface area contributed by atoms with Gasteiger partial charge in [-0.3, -0.25) is 0 Å². The van der Waals surface area contributed by atoms with Crippen LogP contribution in [0.15, 0.2) is 291 Å². The molecular weight excluding hydrogens is 1970 g/mol. The number of thiophene rings is 8. The summed E-state index contributed by atoms with van der Waals surface area (Å²) in [6.07, 6.45) is 7.72. The van der Waals surface area contributed by atoms with Gasteiger partial charge in [0.25, 0.3) is 0 Å². The van der Waals surface area contributed by atoms with E-state index in [1.165, 1.54) is 185 Å². The van der Waals surface area contributed by atoms with Gasteiger partial charge < -0.3 is 17.7 Å². The van der Waals surface area contributed by atoms with E-state index in [1.54, 1.807) is 0 Å². The highest BCUT2D eigenvalue weighted by atomic mass is 32.1. The molecule has 3 atom stereocenters.